The first-order chi connectivity index (χ1) is 4.41. The van der Waals surface area contributed by atoms with Gasteiger partial charge in [-0.05, 0) is 31.2 Å². The van der Waals surface area contributed by atoms with Gasteiger partial charge in [-0.15, -0.1) is 0 Å². The molecule has 2 nitrogen and oxygen atoms in total. The molecule has 0 saturated heterocycles. The Labute approximate surface area is 61.9 Å². The van der Waals surface area contributed by atoms with Crippen LogP contribution >= 0.6 is 11.8 Å². The molecule has 0 amide bonds. The van der Waals surface area contributed by atoms with Gasteiger partial charge in [0.1, 0.15) is 0 Å². The lowest BCUT2D eigenvalue weighted by Gasteiger charge is -1.96. The molecule has 0 spiro atoms. The summed E-state index contributed by atoms with van der Waals surface area (Å²) in [7, 11) is 0. The number of hydrogen-bond acceptors (Lipinski definition) is 2. The van der Waals surface area contributed by atoms with Crippen LogP contribution in [0.4, 0.5) is 0 Å². The van der Waals surface area contributed by atoms with Crippen LogP contribution < -0.4 is 10.6 Å². The van der Waals surface area contributed by atoms with Crippen LogP contribution in [-0.2, 0) is 0 Å². The van der Waals surface area contributed by atoms with Gasteiger partial charge in [0, 0.05) is 6.54 Å². The molecule has 0 bridgehead atoms. The molecule has 9 heavy (non-hydrogen) atoms. The maximum absolute atomic E-state index is 5.30. The highest BCUT2D eigenvalue weighted by Gasteiger charge is 1.85. The van der Waals surface area contributed by atoms with E-state index in [4.69, 9.17) is 17.5 Å². The SMILES string of the molecule is NCCCCCCNCl. The normalized spacial score (nSPS) is 10.0. The van der Waals surface area contributed by atoms with E-state index >= 15 is 0 Å². The summed E-state index contributed by atoms with van der Waals surface area (Å²) < 4.78 is 0. The molecule has 0 aliphatic carbocycles. The Morgan fingerprint density at radius 2 is 1.78 bits per heavy atom. The summed E-state index contributed by atoms with van der Waals surface area (Å²) in [6.45, 7) is 1.72. The second-order valence-corrected chi connectivity index (χ2v) is 2.35. The summed E-state index contributed by atoms with van der Waals surface area (Å²) in [4.78, 5) is 2.59. The second-order valence-electron chi connectivity index (χ2n) is 2.09. The van der Waals surface area contributed by atoms with E-state index in [1.807, 2.05) is 0 Å². The largest absolute Gasteiger partial charge is 0.330 e. The molecule has 56 valence electrons. The first-order valence-electron chi connectivity index (χ1n) is 3.45. The molecular formula is C6H15ClN2. The van der Waals surface area contributed by atoms with E-state index in [-0.39, 0.29) is 0 Å². The molecule has 0 saturated carbocycles. The Morgan fingerprint density at radius 3 is 2.33 bits per heavy atom. The summed E-state index contributed by atoms with van der Waals surface area (Å²) in [5, 5.41) is 0. The van der Waals surface area contributed by atoms with E-state index in [2.05, 4.69) is 4.84 Å². The van der Waals surface area contributed by atoms with Crippen LogP contribution in [0.5, 0.6) is 0 Å². The molecule has 0 unspecified atom stereocenters. The van der Waals surface area contributed by atoms with Gasteiger partial charge in [0.05, 0.1) is 0 Å². The fraction of sp³-hybridized carbons (Fsp3) is 1.00. The molecule has 0 atom stereocenters. The topological polar surface area (TPSA) is 38.0 Å². The highest BCUT2D eigenvalue weighted by Crippen LogP contribution is 1.96. The van der Waals surface area contributed by atoms with Crippen molar-refractivity contribution in [3.05, 3.63) is 0 Å². The first kappa shape index (κ1) is 9.21. The van der Waals surface area contributed by atoms with E-state index in [1.54, 1.807) is 0 Å². The van der Waals surface area contributed by atoms with Crippen LogP contribution in [0.15, 0.2) is 0 Å². The Morgan fingerprint density at radius 1 is 1.11 bits per heavy atom. The van der Waals surface area contributed by atoms with Crippen molar-refractivity contribution < 1.29 is 0 Å². The van der Waals surface area contributed by atoms with Gasteiger partial charge in [-0.25, -0.2) is 4.84 Å². The minimum atomic E-state index is 0.814. The van der Waals surface area contributed by atoms with E-state index in [1.165, 1.54) is 12.8 Å². The fourth-order valence-electron chi connectivity index (χ4n) is 0.690. The minimum absolute atomic E-state index is 0.814. The zero-order chi connectivity index (χ0) is 6.95. The Kier molecular flexibility index (Phi) is 8.40. The molecule has 3 N–H and O–H groups in total. The van der Waals surface area contributed by atoms with Crippen molar-refractivity contribution in [3.8, 4) is 0 Å². The molecule has 3 heteroatoms. The number of nitrogens with two attached hydrogens (primary N) is 1. The van der Waals surface area contributed by atoms with Gasteiger partial charge in [-0.2, -0.15) is 0 Å². The standard InChI is InChI=1S/C6H15ClN2/c7-9-6-4-2-1-3-5-8/h9H,1-6,8H2. The molecule has 0 aliphatic heterocycles. The summed E-state index contributed by atoms with van der Waals surface area (Å²) in [6.07, 6.45) is 4.76. The van der Waals surface area contributed by atoms with Crippen LogP contribution in [0.25, 0.3) is 0 Å². The molecule has 0 aromatic heterocycles. The monoisotopic (exact) mass is 150 g/mol. The number of hydrogen-bond donors (Lipinski definition) is 2. The van der Waals surface area contributed by atoms with Gasteiger partial charge in [0.2, 0.25) is 0 Å². The third-order valence-corrected chi connectivity index (χ3v) is 1.41. The average molecular weight is 151 g/mol. The lowest BCUT2D eigenvalue weighted by molar-refractivity contribution is 0.642. The third kappa shape index (κ3) is 8.21. The molecule has 0 aromatic carbocycles. The lowest BCUT2D eigenvalue weighted by Crippen LogP contribution is -2.01. The maximum Gasteiger partial charge on any atom is 0.0108 e. The molecule has 0 fully saturated rings. The van der Waals surface area contributed by atoms with E-state index in [9.17, 15) is 0 Å². The van der Waals surface area contributed by atoms with E-state index in [0.29, 0.717) is 0 Å². The number of halogens is 1. The molecule has 0 radical (unpaired) electrons. The molecule has 0 aromatic rings. The molecule has 0 heterocycles. The molecule has 0 aliphatic rings. The van der Waals surface area contributed by atoms with Crippen molar-refractivity contribution in [2.24, 2.45) is 5.73 Å². The second kappa shape index (κ2) is 8.21. The van der Waals surface area contributed by atoms with Crippen LogP contribution in [0.3, 0.4) is 0 Å². The van der Waals surface area contributed by atoms with Crippen LogP contribution in [0.1, 0.15) is 25.7 Å². The van der Waals surface area contributed by atoms with Crippen molar-refractivity contribution in [1.29, 1.82) is 0 Å². The number of nitrogens with one attached hydrogen (secondary N) is 1. The summed E-state index contributed by atoms with van der Waals surface area (Å²) in [5.41, 5.74) is 5.30. The summed E-state index contributed by atoms with van der Waals surface area (Å²) in [6, 6.07) is 0. The smallest absolute Gasteiger partial charge is 0.0108 e. The van der Waals surface area contributed by atoms with Gasteiger partial charge in [0.15, 0.2) is 0 Å². The van der Waals surface area contributed by atoms with Gasteiger partial charge >= 0.3 is 0 Å². The Bertz CT molecular complexity index is 44.3. The highest BCUT2D eigenvalue weighted by atomic mass is 35.5. The van der Waals surface area contributed by atoms with Gasteiger partial charge in [0.25, 0.3) is 0 Å². The summed E-state index contributed by atoms with van der Waals surface area (Å²) in [5.74, 6) is 0. The summed E-state index contributed by atoms with van der Waals surface area (Å²) >= 11 is 5.24. The zero-order valence-corrected chi connectivity index (χ0v) is 6.45. The molecule has 0 rings (SSSR count). The van der Waals surface area contributed by atoms with Gasteiger partial charge in [-0.1, -0.05) is 12.8 Å². The predicted octanol–water partition coefficient (Wildman–Crippen LogP) is 1.25. The average Bonchev–Trinajstić information content (AvgIpc) is 1.89. The van der Waals surface area contributed by atoms with Crippen LogP contribution in [0.2, 0.25) is 0 Å². The van der Waals surface area contributed by atoms with Crippen molar-refractivity contribution >= 4 is 11.8 Å². The van der Waals surface area contributed by atoms with E-state index in [0.717, 1.165) is 25.9 Å². The van der Waals surface area contributed by atoms with Crippen molar-refractivity contribution in [2.45, 2.75) is 25.7 Å². The zero-order valence-electron chi connectivity index (χ0n) is 5.70. The highest BCUT2D eigenvalue weighted by molar-refractivity contribution is 6.13. The van der Waals surface area contributed by atoms with Crippen molar-refractivity contribution in [1.82, 2.24) is 4.84 Å². The Balaban J connectivity index is 2.60. The van der Waals surface area contributed by atoms with E-state index < -0.39 is 0 Å². The first-order valence-corrected chi connectivity index (χ1v) is 3.83. The maximum atomic E-state index is 5.30. The van der Waals surface area contributed by atoms with Crippen molar-refractivity contribution in [2.75, 3.05) is 13.1 Å². The predicted molar refractivity (Wildman–Crippen MR) is 41.4 cm³/mol. The number of unbranched alkanes of at least 4 members (excludes halogenated alkanes) is 3. The van der Waals surface area contributed by atoms with Gasteiger partial charge < -0.3 is 5.73 Å². The van der Waals surface area contributed by atoms with Gasteiger partial charge in [-0.3, -0.25) is 0 Å². The molecular weight excluding hydrogens is 136 g/mol. The fourth-order valence-corrected chi connectivity index (χ4v) is 0.823. The number of rotatable bonds is 6. The van der Waals surface area contributed by atoms with Crippen molar-refractivity contribution in [3.63, 3.8) is 0 Å². The minimum Gasteiger partial charge on any atom is -0.330 e. The lowest BCUT2D eigenvalue weighted by atomic mass is 10.2. The van der Waals surface area contributed by atoms with Crippen LogP contribution in [-0.4, -0.2) is 13.1 Å². The Hall–Kier alpha value is 0.210. The van der Waals surface area contributed by atoms with Crippen LogP contribution in [0, 0.1) is 0 Å². The quantitative estimate of drug-likeness (QED) is 0.442. The third-order valence-electron chi connectivity index (χ3n) is 1.23.